The highest BCUT2D eigenvalue weighted by atomic mass is 35.5. The minimum absolute atomic E-state index is 0.630. The molecule has 1 aliphatic rings. The maximum Gasteiger partial charge on any atom is 0.0406 e. The average Bonchev–Trinajstić information content (AvgIpc) is 2.40. The van der Waals surface area contributed by atoms with Crippen LogP contribution in [0.2, 0.25) is 5.02 Å². The third kappa shape index (κ3) is 4.27. The molecule has 0 radical (unpaired) electrons. The number of nitrogens with zero attached hydrogens (tertiary/aromatic N) is 1. The average molecular weight is 267 g/mol. The summed E-state index contributed by atoms with van der Waals surface area (Å²) >= 11 is 5.91. The van der Waals surface area contributed by atoms with Gasteiger partial charge in [-0.3, -0.25) is 0 Å². The maximum absolute atomic E-state index is 5.91. The molecule has 1 N–H and O–H groups in total. The molecule has 1 atom stereocenters. The van der Waals surface area contributed by atoms with E-state index >= 15 is 0 Å². The first-order chi connectivity index (χ1) is 8.75. The Balaban J connectivity index is 1.70. The van der Waals surface area contributed by atoms with Crippen molar-refractivity contribution in [2.75, 3.05) is 32.7 Å². The highest BCUT2D eigenvalue weighted by Crippen LogP contribution is 2.22. The van der Waals surface area contributed by atoms with E-state index < -0.39 is 0 Å². The molecule has 2 nitrogen and oxygen atoms in total. The first-order valence-corrected chi connectivity index (χ1v) is 7.32. The molecule has 0 aromatic heterocycles. The van der Waals surface area contributed by atoms with Crippen molar-refractivity contribution in [1.29, 1.82) is 0 Å². The van der Waals surface area contributed by atoms with Gasteiger partial charge in [0, 0.05) is 31.2 Å². The van der Waals surface area contributed by atoms with Crippen LogP contribution in [0.3, 0.4) is 0 Å². The second-order valence-corrected chi connectivity index (χ2v) is 5.62. The number of rotatable bonds is 5. The van der Waals surface area contributed by atoms with Gasteiger partial charge in [0.1, 0.15) is 0 Å². The van der Waals surface area contributed by atoms with Gasteiger partial charge in [-0.15, -0.1) is 0 Å². The van der Waals surface area contributed by atoms with Crippen LogP contribution in [0, 0.1) is 0 Å². The van der Waals surface area contributed by atoms with Crippen molar-refractivity contribution < 1.29 is 0 Å². The maximum atomic E-state index is 5.91. The van der Waals surface area contributed by atoms with Crippen molar-refractivity contribution in [3.63, 3.8) is 0 Å². The van der Waals surface area contributed by atoms with Crippen LogP contribution in [0.5, 0.6) is 0 Å². The second-order valence-electron chi connectivity index (χ2n) is 5.19. The van der Waals surface area contributed by atoms with Crippen LogP contribution >= 0.6 is 11.6 Å². The highest BCUT2D eigenvalue weighted by molar-refractivity contribution is 6.30. The second kappa shape index (κ2) is 7.13. The Morgan fingerprint density at radius 2 is 1.89 bits per heavy atom. The van der Waals surface area contributed by atoms with E-state index in [2.05, 4.69) is 29.3 Å². The first-order valence-electron chi connectivity index (χ1n) is 6.94. The lowest BCUT2D eigenvalue weighted by atomic mass is 9.96. The normalized spacial score (nSPS) is 18.8. The molecule has 100 valence electrons. The third-order valence-electron chi connectivity index (χ3n) is 3.76. The molecule has 1 saturated heterocycles. The zero-order valence-corrected chi connectivity index (χ0v) is 11.9. The van der Waals surface area contributed by atoms with Crippen LogP contribution in [0.15, 0.2) is 24.3 Å². The molecule has 18 heavy (non-hydrogen) atoms. The van der Waals surface area contributed by atoms with Crippen molar-refractivity contribution in [2.24, 2.45) is 0 Å². The van der Waals surface area contributed by atoms with Gasteiger partial charge in [-0.1, -0.05) is 30.7 Å². The molecule has 1 fully saturated rings. The summed E-state index contributed by atoms with van der Waals surface area (Å²) in [7, 11) is 0. The summed E-state index contributed by atoms with van der Waals surface area (Å²) in [4.78, 5) is 2.56. The lowest BCUT2D eigenvalue weighted by Gasteiger charge is -2.27. The van der Waals surface area contributed by atoms with E-state index in [1.807, 2.05) is 12.1 Å². The third-order valence-corrected chi connectivity index (χ3v) is 4.01. The number of hydrogen-bond donors (Lipinski definition) is 1. The molecule has 0 aliphatic carbocycles. The zero-order chi connectivity index (χ0) is 12.8. The molecular formula is C15H23ClN2. The van der Waals surface area contributed by atoms with Gasteiger partial charge in [-0.25, -0.2) is 0 Å². The molecule has 1 aromatic carbocycles. The van der Waals surface area contributed by atoms with E-state index in [4.69, 9.17) is 11.6 Å². The Kier molecular flexibility index (Phi) is 5.48. The van der Waals surface area contributed by atoms with Crippen molar-refractivity contribution in [1.82, 2.24) is 10.2 Å². The largest absolute Gasteiger partial charge is 0.314 e. The Hall–Kier alpha value is -0.570. The van der Waals surface area contributed by atoms with Gasteiger partial charge in [0.05, 0.1) is 0 Å². The quantitative estimate of drug-likeness (QED) is 0.881. The van der Waals surface area contributed by atoms with Gasteiger partial charge < -0.3 is 10.2 Å². The molecule has 0 saturated carbocycles. The van der Waals surface area contributed by atoms with Gasteiger partial charge in [0.25, 0.3) is 0 Å². The number of benzene rings is 1. The summed E-state index contributed by atoms with van der Waals surface area (Å²) < 4.78 is 0. The summed E-state index contributed by atoms with van der Waals surface area (Å²) in [5.74, 6) is 0.630. The van der Waals surface area contributed by atoms with E-state index in [1.165, 1.54) is 38.0 Å². The fraction of sp³-hybridized carbons (Fsp3) is 0.600. The Labute approximate surface area is 115 Å². The Morgan fingerprint density at radius 3 is 2.56 bits per heavy atom. The van der Waals surface area contributed by atoms with Crippen molar-refractivity contribution in [2.45, 2.75) is 25.7 Å². The zero-order valence-electron chi connectivity index (χ0n) is 11.2. The highest BCUT2D eigenvalue weighted by Gasteiger charge is 2.10. The number of nitrogens with one attached hydrogen (secondary N) is 1. The Bertz CT molecular complexity index is 344. The first kappa shape index (κ1) is 13.9. The van der Waals surface area contributed by atoms with E-state index in [9.17, 15) is 0 Å². The molecule has 3 heteroatoms. The van der Waals surface area contributed by atoms with E-state index in [0.717, 1.165) is 18.1 Å². The van der Waals surface area contributed by atoms with Crippen LogP contribution in [-0.2, 0) is 0 Å². The fourth-order valence-electron chi connectivity index (χ4n) is 2.51. The molecule has 1 heterocycles. The smallest absolute Gasteiger partial charge is 0.0406 e. The molecule has 0 bridgehead atoms. The van der Waals surface area contributed by atoms with Crippen LogP contribution in [0.1, 0.15) is 31.2 Å². The number of halogens is 1. The van der Waals surface area contributed by atoms with E-state index in [-0.39, 0.29) is 0 Å². The standard InChI is InChI=1S/C15H23ClN2/c1-13(14-4-6-15(16)7-5-14)3-2-10-18-11-8-17-9-12-18/h4-7,13,17H,2-3,8-12H2,1H3. The van der Waals surface area contributed by atoms with Gasteiger partial charge in [-0.2, -0.15) is 0 Å². The summed E-state index contributed by atoms with van der Waals surface area (Å²) in [5, 5.41) is 4.22. The van der Waals surface area contributed by atoms with Crippen molar-refractivity contribution in [3.05, 3.63) is 34.9 Å². The van der Waals surface area contributed by atoms with Gasteiger partial charge >= 0.3 is 0 Å². The van der Waals surface area contributed by atoms with Crippen LogP contribution in [0.4, 0.5) is 0 Å². The topological polar surface area (TPSA) is 15.3 Å². The Morgan fingerprint density at radius 1 is 1.22 bits per heavy atom. The molecule has 1 aliphatic heterocycles. The summed E-state index contributed by atoms with van der Waals surface area (Å²) in [5.41, 5.74) is 1.40. The number of hydrogen-bond acceptors (Lipinski definition) is 2. The molecule has 1 aromatic rings. The predicted molar refractivity (Wildman–Crippen MR) is 78.4 cm³/mol. The van der Waals surface area contributed by atoms with E-state index in [0.29, 0.717) is 5.92 Å². The lowest BCUT2D eigenvalue weighted by molar-refractivity contribution is 0.235. The molecular weight excluding hydrogens is 244 g/mol. The van der Waals surface area contributed by atoms with E-state index in [1.54, 1.807) is 0 Å². The van der Waals surface area contributed by atoms with Crippen LogP contribution < -0.4 is 5.32 Å². The SMILES string of the molecule is CC(CCCN1CCNCC1)c1ccc(Cl)cc1. The number of piperazine rings is 1. The summed E-state index contributed by atoms with van der Waals surface area (Å²) in [6.45, 7) is 8.24. The minimum atomic E-state index is 0.630. The molecule has 2 rings (SSSR count). The molecule has 0 spiro atoms. The lowest BCUT2D eigenvalue weighted by Crippen LogP contribution is -2.43. The van der Waals surface area contributed by atoms with Crippen LogP contribution in [-0.4, -0.2) is 37.6 Å². The summed E-state index contributed by atoms with van der Waals surface area (Å²) in [6, 6.07) is 8.28. The van der Waals surface area contributed by atoms with Gasteiger partial charge in [0.15, 0.2) is 0 Å². The van der Waals surface area contributed by atoms with Crippen molar-refractivity contribution in [3.8, 4) is 0 Å². The fourth-order valence-corrected chi connectivity index (χ4v) is 2.64. The monoisotopic (exact) mass is 266 g/mol. The van der Waals surface area contributed by atoms with Crippen LogP contribution in [0.25, 0.3) is 0 Å². The molecule has 1 unspecified atom stereocenters. The predicted octanol–water partition coefficient (Wildman–Crippen LogP) is 3.13. The van der Waals surface area contributed by atoms with Crippen molar-refractivity contribution >= 4 is 11.6 Å². The summed E-state index contributed by atoms with van der Waals surface area (Å²) in [6.07, 6.45) is 2.54. The van der Waals surface area contributed by atoms with Gasteiger partial charge in [-0.05, 0) is 43.0 Å². The van der Waals surface area contributed by atoms with Gasteiger partial charge in [0.2, 0.25) is 0 Å². The molecule has 0 amide bonds. The minimum Gasteiger partial charge on any atom is -0.314 e.